The van der Waals surface area contributed by atoms with Gasteiger partial charge in [0.1, 0.15) is 77.9 Å². The van der Waals surface area contributed by atoms with Gasteiger partial charge in [-0.25, -0.2) is 19.2 Å². The molecule has 8 aromatic heterocycles. The van der Waals surface area contributed by atoms with Gasteiger partial charge in [-0.05, 0) is 142 Å². The lowest BCUT2D eigenvalue weighted by Crippen LogP contribution is -2.24. The minimum Gasteiger partial charge on any atom is -0.488 e. The van der Waals surface area contributed by atoms with E-state index in [4.69, 9.17) is 35.6 Å². The summed E-state index contributed by atoms with van der Waals surface area (Å²) in [5.41, 5.74) is 7.08. The third-order valence-electron chi connectivity index (χ3n) is 13.9. The maximum absolute atomic E-state index is 12.2. The zero-order valence-electron chi connectivity index (χ0n) is 57.5. The van der Waals surface area contributed by atoms with E-state index >= 15 is 0 Å². The smallest absolute Gasteiger partial charge is 0.368 e. The lowest BCUT2D eigenvalue weighted by Gasteiger charge is -2.14. The minimum absolute atomic E-state index is 0.0611. The van der Waals surface area contributed by atoms with Gasteiger partial charge in [0.25, 0.3) is 0 Å². The van der Waals surface area contributed by atoms with Crippen LogP contribution < -0.4 is 46.4 Å². The van der Waals surface area contributed by atoms with Crippen molar-refractivity contribution < 1.29 is 29.2 Å². The second-order valence-corrected chi connectivity index (χ2v) is 20.3. The number of hydrogen-bond acceptors (Lipinski definition) is 25. The van der Waals surface area contributed by atoms with Crippen molar-refractivity contribution in [2.24, 2.45) is 28.2 Å². The van der Waals surface area contributed by atoms with Crippen molar-refractivity contribution in [3.05, 3.63) is 232 Å². The van der Waals surface area contributed by atoms with Crippen LogP contribution >= 0.6 is 0 Å². The van der Waals surface area contributed by atoms with Gasteiger partial charge in [-0.1, -0.05) is 79.3 Å². The molecular weight excluding hydrogens is 1240 g/mol. The highest BCUT2D eigenvalue weighted by atomic mass is 16.5. The first-order valence-corrected chi connectivity index (χ1v) is 28.8. The van der Waals surface area contributed by atoms with E-state index in [0.717, 1.165) is 55.0 Å². The quantitative estimate of drug-likeness (QED) is 0.104. The minimum atomic E-state index is -0.438. The molecule has 0 bridgehead atoms. The molecule has 96 heavy (non-hydrogen) atoms. The Morgan fingerprint density at radius 1 is 0.448 bits per heavy atom. The zero-order chi connectivity index (χ0) is 71.9. The van der Waals surface area contributed by atoms with Crippen LogP contribution in [-0.2, 0) is 54.6 Å². The van der Waals surface area contributed by atoms with Crippen LogP contribution in [0.3, 0.4) is 0 Å². The van der Waals surface area contributed by atoms with E-state index in [1.165, 1.54) is 63.7 Å². The molecule has 8 heterocycles. The molecule has 0 saturated carbocycles. The van der Waals surface area contributed by atoms with Crippen LogP contribution in [0.1, 0.15) is 74.0 Å². The molecule has 0 aliphatic heterocycles. The van der Waals surface area contributed by atoms with Crippen LogP contribution in [-0.4, -0.2) is 127 Å². The highest BCUT2D eigenvalue weighted by Crippen LogP contribution is 2.27. The predicted octanol–water partition coefficient (Wildman–Crippen LogP) is 3.91. The molecule has 12 rings (SSSR count). The molecule has 33 heteroatoms. The summed E-state index contributed by atoms with van der Waals surface area (Å²) in [6.07, 6.45) is 12.7. The lowest BCUT2D eigenvalue weighted by atomic mass is 10.2. The lowest BCUT2D eigenvalue weighted by molar-refractivity contribution is 0.276. The Kier molecular flexibility index (Phi) is 20.2. The highest BCUT2D eigenvalue weighted by molar-refractivity contribution is 5.54. The van der Waals surface area contributed by atoms with Crippen molar-refractivity contribution in [3.8, 4) is 64.0 Å². The molecule has 33 nitrogen and oxygen atoms in total. The molecule has 0 unspecified atom stereocenters. The van der Waals surface area contributed by atoms with E-state index in [2.05, 4.69) is 95.0 Å². The van der Waals surface area contributed by atoms with Gasteiger partial charge in [0.05, 0.1) is 59.4 Å². The average Bonchev–Trinajstić information content (AvgIpc) is 1.55. The van der Waals surface area contributed by atoms with E-state index in [0.29, 0.717) is 110 Å². The Labute approximate surface area is 552 Å². The van der Waals surface area contributed by atoms with Crippen molar-refractivity contribution in [1.29, 1.82) is 0 Å². The maximum Gasteiger partial charge on any atom is 0.368 e. The molecule has 0 radical (unpaired) electrons. The van der Waals surface area contributed by atoms with Gasteiger partial charge in [0.2, 0.25) is 5.88 Å². The number of rotatable bonds is 19. The fourth-order valence-electron chi connectivity index (χ4n) is 8.67. The molecule has 4 aromatic carbocycles. The zero-order valence-corrected chi connectivity index (χ0v) is 53.5. The summed E-state index contributed by atoms with van der Waals surface area (Å²) in [6, 6.07) is 22.0. The normalized spacial score (nSPS) is 11.2. The Morgan fingerprint density at radius 2 is 0.781 bits per heavy atom. The van der Waals surface area contributed by atoms with Gasteiger partial charge in [-0.15, -0.1) is 16.6 Å². The molecule has 0 fully saturated rings. The first-order valence-electron chi connectivity index (χ1n) is 30.8. The highest BCUT2D eigenvalue weighted by Gasteiger charge is 2.22. The summed E-state index contributed by atoms with van der Waals surface area (Å²) < 4.78 is 68.4. The van der Waals surface area contributed by atoms with Crippen molar-refractivity contribution in [2.75, 3.05) is 6.61 Å². The molecule has 0 amide bonds. The van der Waals surface area contributed by atoms with E-state index in [-0.39, 0.29) is 43.7 Å². The van der Waals surface area contributed by atoms with Gasteiger partial charge < -0.3 is 23.7 Å². The second kappa shape index (κ2) is 31.3. The molecule has 490 valence electrons. The number of terminal acetylenes is 1. The summed E-state index contributed by atoms with van der Waals surface area (Å²) in [6.45, 7) is 15.6. The molecule has 0 atom stereocenters. The number of benzene rings is 4. The first-order chi connectivity index (χ1) is 48.0. The fraction of sp³-hybridized carbons (Fsp3) is 0.238. The van der Waals surface area contributed by atoms with Crippen molar-refractivity contribution >= 4 is 6.08 Å². The number of hydrogen-bond donors (Lipinski definition) is 0. The molecule has 0 spiro atoms. The van der Waals surface area contributed by atoms with E-state index in [1.54, 1.807) is 79.7 Å². The number of para-hydroxylation sites is 4. The number of aromatic nitrogens is 24. The van der Waals surface area contributed by atoms with Crippen molar-refractivity contribution in [1.82, 2.24) is 120 Å². The Morgan fingerprint density at radius 3 is 1.15 bits per heavy atom. The largest absolute Gasteiger partial charge is 0.488 e. The Bertz CT molecular complexity index is 5250. The van der Waals surface area contributed by atoms with Crippen molar-refractivity contribution in [2.45, 2.75) is 68.0 Å². The monoisotopic (exact) mass is 1310 g/mol. The van der Waals surface area contributed by atoms with E-state index in [1.807, 2.05) is 34.6 Å². The summed E-state index contributed by atoms with van der Waals surface area (Å²) in [4.78, 5) is 48.6. The Hall–Kier alpha value is -13.0. The van der Waals surface area contributed by atoms with Crippen LogP contribution in [0.4, 0.5) is 0 Å². The summed E-state index contributed by atoms with van der Waals surface area (Å²) in [5, 5.41) is 61.6. The molecular formula is C63H64N24O9. The van der Waals surface area contributed by atoms with Gasteiger partial charge in [-0.2, -0.15) is 68.0 Å². The summed E-state index contributed by atoms with van der Waals surface area (Å²) >= 11 is 0. The molecule has 0 N–H and O–H groups in total. The van der Waals surface area contributed by atoms with Gasteiger partial charge in [0, 0.05) is 39.3 Å². The maximum atomic E-state index is 12.2. The number of aryl methyl sites for hydroxylation is 9. The SMILES string of the molecule is [3H]c1ccc(OCc2c(-n3nnn(C)c3=O)cnnc2C#C)c(C)c1.[3H]c1ccc(OCc2c(-n3nnn(C)c3=O)cnnc2C)c(C)c1.[3H]c1ccc(OCc2c(-n3nnn(C)c3=O)cnnc2C=C)c(C)c1.[3H]c1ccc(OCc2c(-n3nnn(C)c3=O)cnnc2OCC)c(C)c1. The second-order valence-electron chi connectivity index (χ2n) is 20.3. The van der Waals surface area contributed by atoms with E-state index < -0.39 is 17.1 Å². The van der Waals surface area contributed by atoms with Crippen LogP contribution in [0, 0.1) is 47.0 Å². The summed E-state index contributed by atoms with van der Waals surface area (Å²) in [5.74, 6) is 5.23. The first kappa shape index (κ1) is 61.8. The molecule has 0 saturated heterocycles. The van der Waals surface area contributed by atoms with Crippen molar-refractivity contribution in [3.63, 3.8) is 0 Å². The van der Waals surface area contributed by atoms with Crippen LogP contribution in [0.15, 0.2) is 148 Å². The number of tetrazole rings is 4. The van der Waals surface area contributed by atoms with Crippen LogP contribution in [0.5, 0.6) is 28.9 Å². The van der Waals surface area contributed by atoms with E-state index in [9.17, 15) is 19.2 Å². The molecule has 0 aliphatic rings. The van der Waals surface area contributed by atoms with Crippen LogP contribution in [0.2, 0.25) is 0 Å². The predicted molar refractivity (Wildman–Crippen MR) is 345 cm³/mol. The van der Waals surface area contributed by atoms with Gasteiger partial charge in [-0.3, -0.25) is 0 Å². The third-order valence-corrected chi connectivity index (χ3v) is 13.9. The summed E-state index contributed by atoms with van der Waals surface area (Å²) in [7, 11) is 6.03. The standard InChI is InChI=1S/C16H18N6O3.C16H16N6O2.C16H14N6O2.C15H16N6O2/c1-4-24-15-12(10-25-14-8-6-5-7-11(14)2)13(9-17-18-15)22-16(23)21(3)19-20-22;2*1-4-13-12(10-24-15-8-6-5-7-11(15)2)14(9-17-18-13)22-16(23)21(3)19-20-22;1-10-6-4-5-7-14(10)23-9-12-11(2)17-16-8-13(12)21-15(22)20(3)18-19-21/h5-9H,4,10H2,1-3H3;4-9H,1,10H2,2-3H3;1,5-9H,10H2,2-3H3;4-8H,9H2,1-3H3/i3*5T;4T. The molecule has 0 aliphatic carbocycles. The molecule has 12 aromatic rings. The third kappa shape index (κ3) is 15.6. The number of nitrogens with zero attached hydrogens (tertiary/aromatic N) is 24. The van der Waals surface area contributed by atoms with Crippen LogP contribution in [0.25, 0.3) is 28.8 Å². The van der Waals surface area contributed by atoms with Gasteiger partial charge >= 0.3 is 22.8 Å². The average molecular weight is 1310 g/mol. The topological polar surface area (TPSA) is 360 Å². The van der Waals surface area contributed by atoms with Gasteiger partial charge in [0.15, 0.2) is 0 Å². The Balaban J connectivity index is 0.000000156. The fourth-order valence-corrected chi connectivity index (χ4v) is 8.67. The number of ether oxygens (including phenoxy) is 5.